The normalized spacial score (nSPS) is 13.7. The largest absolute Gasteiger partial charge is 0.416 e. The monoisotopic (exact) mass is 319 g/mol. The molecular weight excluding hydrogens is 295 g/mol. The molecule has 1 atom stereocenters. The maximum Gasteiger partial charge on any atom is 0.416 e. The summed E-state index contributed by atoms with van der Waals surface area (Å²) in [4.78, 5) is 0.685. The molecule has 0 aliphatic carbocycles. The average molecular weight is 319 g/mol. The molecule has 1 aromatic carbocycles. The lowest BCUT2D eigenvalue weighted by atomic mass is 10.1. The first-order valence-corrected chi connectivity index (χ1v) is 8.19. The fraction of sp³-hybridized carbons (Fsp3) is 0.625. The Morgan fingerprint density at radius 2 is 1.86 bits per heavy atom. The molecule has 1 aromatic rings. The van der Waals surface area contributed by atoms with Crippen LogP contribution in [0.25, 0.3) is 0 Å². The molecule has 1 rings (SSSR count). The number of hydrogen-bond donors (Lipinski definition) is 1. The molecule has 0 amide bonds. The summed E-state index contributed by atoms with van der Waals surface area (Å²) in [6.45, 7) is 9.08. The lowest BCUT2D eigenvalue weighted by Crippen LogP contribution is -2.21. The molecule has 0 aliphatic rings. The number of rotatable bonds is 7. The summed E-state index contributed by atoms with van der Waals surface area (Å²) < 4.78 is 39.6. The first-order valence-electron chi connectivity index (χ1n) is 7.31. The van der Waals surface area contributed by atoms with Gasteiger partial charge in [0.1, 0.15) is 0 Å². The van der Waals surface area contributed by atoms with Crippen molar-refractivity contribution >= 4 is 11.8 Å². The van der Waals surface area contributed by atoms with E-state index < -0.39 is 11.7 Å². The second kappa shape index (κ2) is 8.08. The number of nitrogens with one attached hydrogen (secondary N) is 1. The molecule has 0 saturated carbocycles. The van der Waals surface area contributed by atoms with Gasteiger partial charge in [-0.1, -0.05) is 33.8 Å². The van der Waals surface area contributed by atoms with E-state index in [9.17, 15) is 13.2 Å². The highest BCUT2D eigenvalue weighted by Crippen LogP contribution is 2.36. The Morgan fingerprint density at radius 3 is 2.38 bits per heavy atom. The SMILES string of the molecule is CCC(C)Sc1ccc(CNCC(C)C)c(C(F)(F)F)c1. The van der Waals surface area contributed by atoms with Crippen LogP contribution in [0, 0.1) is 5.92 Å². The Morgan fingerprint density at radius 1 is 1.19 bits per heavy atom. The standard InChI is InChI=1S/C16H24F3NS/c1-5-12(4)21-14-7-6-13(10-20-9-11(2)3)15(8-14)16(17,18)19/h6-8,11-12,20H,5,9-10H2,1-4H3. The summed E-state index contributed by atoms with van der Waals surface area (Å²) in [7, 11) is 0. The lowest BCUT2D eigenvalue weighted by Gasteiger charge is -2.17. The molecule has 0 fully saturated rings. The van der Waals surface area contributed by atoms with Gasteiger partial charge in [-0.05, 0) is 36.6 Å². The zero-order valence-electron chi connectivity index (χ0n) is 13.1. The quantitative estimate of drug-likeness (QED) is 0.681. The van der Waals surface area contributed by atoms with Gasteiger partial charge in [0.2, 0.25) is 0 Å². The van der Waals surface area contributed by atoms with Crippen LogP contribution in [0.3, 0.4) is 0 Å². The van der Waals surface area contributed by atoms with Crippen molar-refractivity contribution in [1.82, 2.24) is 5.32 Å². The Balaban J connectivity index is 2.92. The van der Waals surface area contributed by atoms with Gasteiger partial charge in [0.05, 0.1) is 5.56 Å². The van der Waals surface area contributed by atoms with Gasteiger partial charge < -0.3 is 5.32 Å². The second-order valence-corrected chi connectivity index (χ2v) is 7.19. The fourth-order valence-corrected chi connectivity index (χ4v) is 2.82. The third-order valence-corrected chi connectivity index (χ3v) is 4.43. The molecule has 0 heterocycles. The zero-order valence-corrected chi connectivity index (χ0v) is 13.9. The van der Waals surface area contributed by atoms with Crippen LogP contribution < -0.4 is 5.32 Å². The van der Waals surface area contributed by atoms with Gasteiger partial charge in [-0.3, -0.25) is 0 Å². The van der Waals surface area contributed by atoms with Gasteiger partial charge in [-0.25, -0.2) is 0 Å². The maximum atomic E-state index is 13.2. The summed E-state index contributed by atoms with van der Waals surface area (Å²) >= 11 is 1.49. The minimum Gasteiger partial charge on any atom is -0.312 e. The molecule has 5 heteroatoms. The van der Waals surface area contributed by atoms with Gasteiger partial charge in [-0.15, -0.1) is 11.8 Å². The molecule has 1 unspecified atom stereocenters. The zero-order chi connectivity index (χ0) is 16.0. The summed E-state index contributed by atoms with van der Waals surface area (Å²) in [5, 5.41) is 3.39. The van der Waals surface area contributed by atoms with E-state index in [4.69, 9.17) is 0 Å². The molecule has 21 heavy (non-hydrogen) atoms. The number of thioether (sulfide) groups is 1. The lowest BCUT2D eigenvalue weighted by molar-refractivity contribution is -0.138. The van der Waals surface area contributed by atoms with E-state index in [-0.39, 0.29) is 6.54 Å². The molecule has 0 spiro atoms. The van der Waals surface area contributed by atoms with E-state index in [1.54, 1.807) is 12.1 Å². The third-order valence-electron chi connectivity index (χ3n) is 3.17. The smallest absolute Gasteiger partial charge is 0.312 e. The van der Waals surface area contributed by atoms with Crippen molar-refractivity contribution in [3.63, 3.8) is 0 Å². The second-order valence-electron chi connectivity index (χ2n) is 5.68. The van der Waals surface area contributed by atoms with Crippen LogP contribution in [0.15, 0.2) is 23.1 Å². The first kappa shape index (κ1) is 18.4. The van der Waals surface area contributed by atoms with Crippen LogP contribution >= 0.6 is 11.8 Å². The third kappa shape index (κ3) is 6.30. The van der Waals surface area contributed by atoms with E-state index in [1.165, 1.54) is 17.8 Å². The number of hydrogen-bond acceptors (Lipinski definition) is 2. The molecule has 0 aromatic heterocycles. The van der Waals surface area contributed by atoms with Crippen molar-refractivity contribution in [3.8, 4) is 0 Å². The summed E-state index contributed by atoms with van der Waals surface area (Å²) in [5.74, 6) is 0.416. The Hall–Kier alpha value is -0.680. The molecule has 120 valence electrons. The van der Waals surface area contributed by atoms with Gasteiger partial charge in [-0.2, -0.15) is 13.2 Å². The molecule has 0 radical (unpaired) electrons. The van der Waals surface area contributed by atoms with Crippen LogP contribution in [0.5, 0.6) is 0 Å². The molecule has 1 N–H and O–H groups in total. The maximum absolute atomic E-state index is 13.2. The van der Waals surface area contributed by atoms with Crippen molar-refractivity contribution < 1.29 is 13.2 Å². The van der Waals surface area contributed by atoms with Crippen molar-refractivity contribution in [3.05, 3.63) is 29.3 Å². The fourth-order valence-electron chi connectivity index (χ4n) is 1.86. The highest BCUT2D eigenvalue weighted by Gasteiger charge is 2.33. The van der Waals surface area contributed by atoms with Crippen LogP contribution in [-0.4, -0.2) is 11.8 Å². The molecular formula is C16H24F3NS. The van der Waals surface area contributed by atoms with Crippen LogP contribution in [-0.2, 0) is 12.7 Å². The van der Waals surface area contributed by atoms with Gasteiger partial charge in [0, 0.05) is 16.7 Å². The Kier molecular flexibility index (Phi) is 7.07. The van der Waals surface area contributed by atoms with E-state index >= 15 is 0 Å². The molecule has 1 nitrogen and oxygen atoms in total. The van der Waals surface area contributed by atoms with E-state index in [2.05, 4.69) is 5.32 Å². The van der Waals surface area contributed by atoms with Crippen LogP contribution in [0.2, 0.25) is 0 Å². The average Bonchev–Trinajstić information content (AvgIpc) is 2.38. The van der Waals surface area contributed by atoms with Crippen molar-refractivity contribution in [2.24, 2.45) is 5.92 Å². The van der Waals surface area contributed by atoms with Crippen molar-refractivity contribution in [2.75, 3.05) is 6.54 Å². The minimum atomic E-state index is -4.30. The molecule has 0 saturated heterocycles. The van der Waals surface area contributed by atoms with Gasteiger partial charge in [0.25, 0.3) is 0 Å². The van der Waals surface area contributed by atoms with Gasteiger partial charge in [0.15, 0.2) is 0 Å². The van der Waals surface area contributed by atoms with E-state index in [0.29, 0.717) is 28.2 Å². The molecule has 0 bridgehead atoms. The molecule has 0 aliphatic heterocycles. The number of benzene rings is 1. The van der Waals surface area contributed by atoms with Gasteiger partial charge >= 0.3 is 6.18 Å². The highest BCUT2D eigenvalue weighted by molar-refractivity contribution is 7.99. The van der Waals surface area contributed by atoms with Crippen molar-refractivity contribution in [2.45, 2.75) is 57.0 Å². The first-order chi connectivity index (χ1) is 9.74. The van der Waals surface area contributed by atoms with Crippen molar-refractivity contribution in [1.29, 1.82) is 0 Å². The minimum absolute atomic E-state index is 0.251. The summed E-state index contributed by atoms with van der Waals surface area (Å²) in [6, 6.07) is 4.67. The predicted molar refractivity (Wildman–Crippen MR) is 83.6 cm³/mol. The summed E-state index contributed by atoms with van der Waals surface area (Å²) in [5.41, 5.74) is -0.205. The number of halogens is 3. The van der Waals surface area contributed by atoms with Crippen LogP contribution in [0.1, 0.15) is 45.2 Å². The van der Waals surface area contributed by atoms with E-state index in [1.807, 2.05) is 27.7 Å². The Labute approximate surface area is 129 Å². The summed E-state index contributed by atoms with van der Waals surface area (Å²) in [6.07, 6.45) is -3.37. The Bertz CT molecular complexity index is 444. The van der Waals surface area contributed by atoms with Crippen LogP contribution in [0.4, 0.5) is 13.2 Å². The number of alkyl halides is 3. The topological polar surface area (TPSA) is 12.0 Å². The highest BCUT2D eigenvalue weighted by atomic mass is 32.2. The van der Waals surface area contributed by atoms with E-state index in [0.717, 1.165) is 6.42 Å². The predicted octanol–water partition coefficient (Wildman–Crippen LogP) is 5.34.